The normalized spacial score (nSPS) is 12.1. The van der Waals surface area contributed by atoms with Gasteiger partial charge in [0.15, 0.2) is 0 Å². The molecule has 0 aliphatic heterocycles. The second-order valence-electron chi connectivity index (χ2n) is 4.82. The minimum atomic E-state index is -0.382. The average molecular weight is 319 g/mol. The number of amides is 1. The predicted molar refractivity (Wildman–Crippen MR) is 87.9 cm³/mol. The Morgan fingerprint density at radius 3 is 2.41 bits per heavy atom. The van der Waals surface area contributed by atoms with Gasteiger partial charge >= 0.3 is 0 Å². The third kappa shape index (κ3) is 3.41. The molecule has 0 fully saturated rings. The highest BCUT2D eigenvalue weighted by atomic mass is 32.2. The molecular weight excluding hydrogens is 298 g/mol. The van der Waals surface area contributed by atoms with E-state index in [9.17, 15) is 4.79 Å². The minimum absolute atomic E-state index is 0.0573. The molecule has 22 heavy (non-hydrogen) atoms. The third-order valence-electron chi connectivity index (χ3n) is 3.46. The van der Waals surface area contributed by atoms with Crippen molar-refractivity contribution in [3.63, 3.8) is 0 Å². The van der Waals surface area contributed by atoms with Crippen molar-refractivity contribution in [1.29, 1.82) is 0 Å². The average Bonchev–Trinajstić information content (AvgIpc) is 2.86. The van der Waals surface area contributed by atoms with Gasteiger partial charge in [0.25, 0.3) is 0 Å². The van der Waals surface area contributed by atoms with Crippen molar-refractivity contribution >= 4 is 17.7 Å². The van der Waals surface area contributed by atoms with E-state index in [0.29, 0.717) is 24.1 Å². The van der Waals surface area contributed by atoms with Gasteiger partial charge < -0.3 is 10.7 Å². The van der Waals surface area contributed by atoms with E-state index in [1.54, 1.807) is 6.92 Å². The van der Waals surface area contributed by atoms with Crippen LogP contribution in [0.3, 0.4) is 0 Å². The summed E-state index contributed by atoms with van der Waals surface area (Å²) in [6.45, 7) is 7.08. The first-order valence-corrected chi connectivity index (χ1v) is 8.13. The fourth-order valence-corrected chi connectivity index (χ4v) is 3.21. The van der Waals surface area contributed by atoms with Gasteiger partial charge in [0, 0.05) is 13.1 Å². The lowest BCUT2D eigenvalue weighted by molar-refractivity contribution is -0.130. The molecule has 0 bridgehead atoms. The van der Waals surface area contributed by atoms with Crippen LogP contribution in [0.1, 0.15) is 30.5 Å². The standard InChI is InChI=1S/C15H21N5OS/c1-4-19(5-2)14(21)13(12-9-7-6-8-10-12)22-15-18-17-11(3)20(15)16/h6-10,13H,4-5,16H2,1-3H3/t13-/m1/s1. The van der Waals surface area contributed by atoms with Crippen LogP contribution in [0, 0.1) is 6.92 Å². The molecule has 1 aromatic carbocycles. The minimum Gasteiger partial charge on any atom is -0.342 e. The molecule has 2 aromatic rings. The highest BCUT2D eigenvalue weighted by Gasteiger charge is 2.27. The Labute approximate surface area is 134 Å². The van der Waals surface area contributed by atoms with E-state index in [-0.39, 0.29) is 11.2 Å². The number of nitrogens with zero attached hydrogens (tertiary/aromatic N) is 4. The first-order chi connectivity index (χ1) is 10.6. The van der Waals surface area contributed by atoms with Crippen LogP contribution >= 0.6 is 11.8 Å². The molecule has 0 saturated heterocycles. The molecule has 1 atom stereocenters. The lowest BCUT2D eigenvalue weighted by Crippen LogP contribution is -2.34. The smallest absolute Gasteiger partial charge is 0.240 e. The first kappa shape index (κ1) is 16.4. The van der Waals surface area contributed by atoms with Crippen LogP contribution in [0.25, 0.3) is 0 Å². The molecule has 0 aliphatic rings. The van der Waals surface area contributed by atoms with Gasteiger partial charge in [-0.05, 0) is 26.3 Å². The number of carbonyl (C=O) groups excluding carboxylic acids is 1. The first-order valence-electron chi connectivity index (χ1n) is 7.25. The summed E-state index contributed by atoms with van der Waals surface area (Å²) in [6.07, 6.45) is 0. The van der Waals surface area contributed by atoms with Gasteiger partial charge in [0.1, 0.15) is 11.1 Å². The van der Waals surface area contributed by atoms with E-state index in [4.69, 9.17) is 5.84 Å². The molecule has 118 valence electrons. The van der Waals surface area contributed by atoms with Gasteiger partial charge in [-0.15, -0.1) is 10.2 Å². The number of hydrogen-bond acceptors (Lipinski definition) is 5. The van der Waals surface area contributed by atoms with Crippen molar-refractivity contribution in [2.75, 3.05) is 18.9 Å². The summed E-state index contributed by atoms with van der Waals surface area (Å²) in [5, 5.41) is 8.16. The number of likely N-dealkylation sites (N-methyl/N-ethyl adjacent to an activating group) is 1. The number of nitrogen functional groups attached to an aromatic ring is 1. The lowest BCUT2D eigenvalue weighted by atomic mass is 10.1. The zero-order chi connectivity index (χ0) is 16.1. The fraction of sp³-hybridized carbons (Fsp3) is 0.400. The van der Waals surface area contributed by atoms with Crippen molar-refractivity contribution in [2.45, 2.75) is 31.2 Å². The van der Waals surface area contributed by atoms with E-state index in [2.05, 4.69) is 10.2 Å². The summed E-state index contributed by atoms with van der Waals surface area (Å²) in [6, 6.07) is 9.68. The van der Waals surface area contributed by atoms with Gasteiger partial charge in [-0.25, -0.2) is 4.68 Å². The molecule has 1 aromatic heterocycles. The number of hydrogen-bond donors (Lipinski definition) is 1. The van der Waals surface area contributed by atoms with Crippen LogP contribution in [0.5, 0.6) is 0 Å². The van der Waals surface area contributed by atoms with E-state index < -0.39 is 0 Å². The molecule has 0 saturated carbocycles. The number of aromatic nitrogens is 3. The fourth-order valence-electron chi connectivity index (χ4n) is 2.13. The molecule has 2 rings (SSSR count). The number of nitrogens with two attached hydrogens (primary N) is 1. The zero-order valence-electron chi connectivity index (χ0n) is 13.1. The second-order valence-corrected chi connectivity index (χ2v) is 5.89. The van der Waals surface area contributed by atoms with E-state index in [1.807, 2.05) is 49.1 Å². The third-order valence-corrected chi connectivity index (χ3v) is 4.66. The van der Waals surface area contributed by atoms with Crippen molar-refractivity contribution in [3.8, 4) is 0 Å². The molecular formula is C15H21N5OS. The van der Waals surface area contributed by atoms with Gasteiger partial charge in [-0.3, -0.25) is 4.79 Å². The highest BCUT2D eigenvalue weighted by Crippen LogP contribution is 2.35. The number of carbonyl (C=O) groups is 1. The molecule has 0 aliphatic carbocycles. The maximum Gasteiger partial charge on any atom is 0.240 e. The van der Waals surface area contributed by atoms with Gasteiger partial charge in [0.05, 0.1) is 0 Å². The summed E-state index contributed by atoms with van der Waals surface area (Å²) in [5.41, 5.74) is 0.935. The Balaban J connectivity index is 2.34. The number of benzene rings is 1. The maximum atomic E-state index is 12.8. The molecule has 2 N–H and O–H groups in total. The van der Waals surface area contributed by atoms with Crippen LogP contribution < -0.4 is 5.84 Å². The second kappa shape index (κ2) is 7.31. The summed E-state index contributed by atoms with van der Waals surface area (Å²) in [4.78, 5) is 14.6. The largest absolute Gasteiger partial charge is 0.342 e. The summed E-state index contributed by atoms with van der Waals surface area (Å²) in [7, 11) is 0. The quantitative estimate of drug-likeness (QED) is 0.651. The molecule has 0 spiro atoms. The maximum absolute atomic E-state index is 12.8. The molecule has 7 heteroatoms. The van der Waals surface area contributed by atoms with Crippen molar-refractivity contribution in [1.82, 2.24) is 19.8 Å². The number of aryl methyl sites for hydroxylation is 1. The van der Waals surface area contributed by atoms with Crippen LogP contribution in [0.2, 0.25) is 0 Å². The van der Waals surface area contributed by atoms with Crippen LogP contribution in [-0.2, 0) is 4.79 Å². The molecule has 1 amide bonds. The summed E-state index contributed by atoms with van der Waals surface area (Å²) < 4.78 is 1.41. The van der Waals surface area contributed by atoms with E-state index >= 15 is 0 Å². The molecule has 0 unspecified atom stereocenters. The Bertz CT molecular complexity index is 624. The summed E-state index contributed by atoms with van der Waals surface area (Å²) in [5.74, 6) is 6.59. The van der Waals surface area contributed by atoms with Gasteiger partial charge in [-0.2, -0.15) is 0 Å². The number of thioether (sulfide) groups is 1. The van der Waals surface area contributed by atoms with Crippen molar-refractivity contribution < 1.29 is 4.79 Å². The Kier molecular flexibility index (Phi) is 5.43. The van der Waals surface area contributed by atoms with E-state index in [0.717, 1.165) is 5.56 Å². The van der Waals surface area contributed by atoms with Gasteiger partial charge in [0.2, 0.25) is 11.1 Å². The van der Waals surface area contributed by atoms with Crippen molar-refractivity contribution in [3.05, 3.63) is 41.7 Å². The Morgan fingerprint density at radius 1 is 1.27 bits per heavy atom. The summed E-state index contributed by atoms with van der Waals surface area (Å²) >= 11 is 1.33. The van der Waals surface area contributed by atoms with Crippen LogP contribution in [-0.4, -0.2) is 38.8 Å². The van der Waals surface area contributed by atoms with Crippen LogP contribution in [0.15, 0.2) is 35.5 Å². The lowest BCUT2D eigenvalue weighted by Gasteiger charge is -2.24. The van der Waals surface area contributed by atoms with Crippen molar-refractivity contribution in [2.24, 2.45) is 0 Å². The van der Waals surface area contributed by atoms with Gasteiger partial charge in [-0.1, -0.05) is 42.1 Å². The molecule has 1 heterocycles. The predicted octanol–water partition coefficient (Wildman–Crippen LogP) is 2.00. The topological polar surface area (TPSA) is 77.0 Å². The number of rotatable bonds is 6. The monoisotopic (exact) mass is 319 g/mol. The zero-order valence-corrected chi connectivity index (χ0v) is 13.9. The molecule has 6 nitrogen and oxygen atoms in total. The van der Waals surface area contributed by atoms with E-state index in [1.165, 1.54) is 16.4 Å². The SMILES string of the molecule is CCN(CC)C(=O)[C@H](Sc1nnc(C)n1N)c1ccccc1. The molecule has 0 radical (unpaired) electrons. The van der Waals surface area contributed by atoms with Crippen LogP contribution in [0.4, 0.5) is 0 Å². The Morgan fingerprint density at radius 2 is 1.91 bits per heavy atom. The Hall–Kier alpha value is -2.02. The highest BCUT2D eigenvalue weighted by molar-refractivity contribution is 8.00.